The van der Waals surface area contributed by atoms with Crippen LogP contribution in [0.3, 0.4) is 0 Å². The molecule has 0 aliphatic heterocycles. The van der Waals surface area contributed by atoms with E-state index < -0.39 is 85.0 Å². The lowest BCUT2D eigenvalue weighted by molar-refractivity contribution is -0.161. The second kappa shape index (κ2) is 18.4. The van der Waals surface area contributed by atoms with Gasteiger partial charge < -0.3 is 36.1 Å². The van der Waals surface area contributed by atoms with Gasteiger partial charge in [0.15, 0.2) is 0 Å². The van der Waals surface area contributed by atoms with Crippen LogP contribution in [0.4, 0.5) is 0 Å². The van der Waals surface area contributed by atoms with Gasteiger partial charge in [-0.1, -0.05) is 13.8 Å². The van der Waals surface area contributed by atoms with Crippen molar-refractivity contribution in [3.63, 3.8) is 0 Å². The van der Waals surface area contributed by atoms with E-state index in [1.165, 1.54) is 0 Å². The molecule has 0 saturated heterocycles. The number of nitrogens with two attached hydrogens (primary N) is 1. The normalized spacial score (nSPS) is 12.8. The number of carbonyl (C=O) groups is 8. The lowest BCUT2D eigenvalue weighted by Gasteiger charge is -2.14. The summed E-state index contributed by atoms with van der Waals surface area (Å²) in [6.45, 7) is 3.46. The van der Waals surface area contributed by atoms with Crippen LogP contribution in [-0.4, -0.2) is 76.0 Å². The molecule has 0 fully saturated rings. The Kier molecular flexibility index (Phi) is 16.5. The molecule has 0 aromatic carbocycles. The fourth-order valence-electron chi connectivity index (χ4n) is 2.89. The molecule has 3 atom stereocenters. The average molecular weight is 546 g/mol. The van der Waals surface area contributed by atoms with Crippen LogP contribution in [0, 0.1) is 0 Å². The molecule has 0 aliphatic carbocycles. The number of rotatable bonds is 18. The zero-order chi connectivity index (χ0) is 29.3. The molecule has 0 aromatic rings. The number of amides is 2. The van der Waals surface area contributed by atoms with Crippen molar-refractivity contribution in [2.45, 2.75) is 96.2 Å². The predicted molar refractivity (Wildman–Crippen MR) is 127 cm³/mol. The van der Waals surface area contributed by atoms with Gasteiger partial charge in [0.1, 0.15) is 18.1 Å². The molecule has 15 heteroatoms. The fourth-order valence-corrected chi connectivity index (χ4v) is 2.89. The standard InChI is InChI=1S/C23H35N3O12/c1-3-5-16(27)25-14(21(32)33)8-11-19(30)37-18(29)10-7-13(24)23(36)38-20(31)12-9-15(22(34)35)26-17(28)6-4-2/h13-15H,3-12,24H2,1-2H3,(H,25,27)(H,26,28)(H,32,33)(H,34,35)/t13-,14-,15-/m0/s1. The van der Waals surface area contributed by atoms with E-state index >= 15 is 0 Å². The van der Waals surface area contributed by atoms with E-state index in [1.807, 2.05) is 0 Å². The van der Waals surface area contributed by atoms with Crippen molar-refractivity contribution < 1.29 is 58.0 Å². The molecular formula is C23H35N3O12. The van der Waals surface area contributed by atoms with Crippen LogP contribution >= 0.6 is 0 Å². The van der Waals surface area contributed by atoms with Crippen molar-refractivity contribution in [3.8, 4) is 0 Å². The predicted octanol–water partition coefficient (Wildman–Crippen LogP) is -0.467. The highest BCUT2D eigenvalue weighted by Gasteiger charge is 2.25. The van der Waals surface area contributed by atoms with E-state index in [2.05, 4.69) is 20.1 Å². The summed E-state index contributed by atoms with van der Waals surface area (Å²) in [5, 5.41) is 22.8. The van der Waals surface area contributed by atoms with E-state index in [4.69, 9.17) is 15.9 Å². The van der Waals surface area contributed by atoms with Crippen molar-refractivity contribution >= 4 is 47.6 Å². The van der Waals surface area contributed by atoms with Crippen molar-refractivity contribution in [1.29, 1.82) is 0 Å². The van der Waals surface area contributed by atoms with Gasteiger partial charge in [0, 0.05) is 32.1 Å². The summed E-state index contributed by atoms with van der Waals surface area (Å²) in [6, 6.07) is -4.13. The highest BCUT2D eigenvalue weighted by molar-refractivity contribution is 5.90. The van der Waals surface area contributed by atoms with Gasteiger partial charge in [0.05, 0.1) is 0 Å². The maximum Gasteiger partial charge on any atom is 0.330 e. The van der Waals surface area contributed by atoms with Crippen molar-refractivity contribution in [2.24, 2.45) is 5.73 Å². The Bertz CT molecular complexity index is 889. The highest BCUT2D eigenvalue weighted by atomic mass is 16.6. The molecule has 0 aromatic heterocycles. The number of carboxylic acids is 2. The summed E-state index contributed by atoms with van der Waals surface area (Å²) < 4.78 is 9.06. The second-order valence-electron chi connectivity index (χ2n) is 8.28. The third kappa shape index (κ3) is 15.3. The third-order valence-electron chi connectivity index (χ3n) is 4.90. The van der Waals surface area contributed by atoms with Crippen LogP contribution in [0.25, 0.3) is 0 Å². The van der Waals surface area contributed by atoms with Crippen LogP contribution < -0.4 is 16.4 Å². The monoisotopic (exact) mass is 545 g/mol. The molecule has 0 spiro atoms. The minimum atomic E-state index is -1.44. The topological polar surface area (TPSA) is 246 Å². The first-order valence-corrected chi connectivity index (χ1v) is 12.1. The van der Waals surface area contributed by atoms with Crippen molar-refractivity contribution in [3.05, 3.63) is 0 Å². The summed E-state index contributed by atoms with van der Waals surface area (Å²) in [5.41, 5.74) is 5.57. The van der Waals surface area contributed by atoms with Gasteiger partial charge in [-0.25, -0.2) is 14.4 Å². The van der Waals surface area contributed by atoms with E-state index in [0.717, 1.165) is 0 Å². The SMILES string of the molecule is CCCC(=O)N[C@@H](CCC(=O)OC(=O)CC[C@H](N)C(=O)OC(=O)CC[C@H](NC(=O)CCC)C(=O)O)C(=O)O. The number of ether oxygens (including phenoxy) is 2. The first-order valence-electron chi connectivity index (χ1n) is 12.1. The number of hydrogen-bond donors (Lipinski definition) is 5. The first-order chi connectivity index (χ1) is 17.8. The van der Waals surface area contributed by atoms with Crippen LogP contribution in [0.2, 0.25) is 0 Å². The molecule has 214 valence electrons. The van der Waals surface area contributed by atoms with Gasteiger partial charge in [-0.05, 0) is 32.1 Å². The molecule has 0 radical (unpaired) electrons. The maximum atomic E-state index is 11.9. The summed E-state index contributed by atoms with van der Waals surface area (Å²) in [5.74, 6) is -8.09. The second-order valence-corrected chi connectivity index (χ2v) is 8.28. The third-order valence-corrected chi connectivity index (χ3v) is 4.90. The Balaban J connectivity index is 4.47. The molecule has 6 N–H and O–H groups in total. The van der Waals surface area contributed by atoms with Gasteiger partial charge >= 0.3 is 35.8 Å². The van der Waals surface area contributed by atoms with E-state index in [-0.39, 0.29) is 32.1 Å². The lowest BCUT2D eigenvalue weighted by atomic mass is 10.1. The molecule has 15 nitrogen and oxygen atoms in total. The van der Waals surface area contributed by atoms with Gasteiger partial charge in [-0.15, -0.1) is 0 Å². The largest absolute Gasteiger partial charge is 0.480 e. The van der Waals surface area contributed by atoms with Crippen LogP contribution in [-0.2, 0) is 47.8 Å². The minimum Gasteiger partial charge on any atom is -0.480 e. The number of aliphatic carboxylic acids is 2. The number of nitrogens with one attached hydrogen (secondary N) is 2. The van der Waals surface area contributed by atoms with Crippen molar-refractivity contribution in [2.75, 3.05) is 0 Å². The Morgan fingerprint density at radius 3 is 1.37 bits per heavy atom. The Hall–Kier alpha value is -3.88. The van der Waals surface area contributed by atoms with Gasteiger partial charge in [-0.3, -0.25) is 24.0 Å². The number of hydrogen-bond acceptors (Lipinski definition) is 11. The van der Waals surface area contributed by atoms with Crippen LogP contribution in [0.5, 0.6) is 0 Å². The molecule has 0 unspecified atom stereocenters. The Morgan fingerprint density at radius 2 is 1.00 bits per heavy atom. The van der Waals surface area contributed by atoms with Gasteiger partial charge in [0.25, 0.3) is 0 Å². The highest BCUT2D eigenvalue weighted by Crippen LogP contribution is 2.06. The molecule has 0 saturated carbocycles. The molecule has 0 bridgehead atoms. The molecule has 0 heterocycles. The Labute approximate surface area is 218 Å². The van der Waals surface area contributed by atoms with Crippen molar-refractivity contribution in [1.82, 2.24) is 10.6 Å². The summed E-state index contributed by atoms with van der Waals surface area (Å²) in [7, 11) is 0. The molecule has 38 heavy (non-hydrogen) atoms. The quantitative estimate of drug-likeness (QED) is 0.108. The smallest absolute Gasteiger partial charge is 0.330 e. The summed E-state index contributed by atoms with van der Waals surface area (Å²) >= 11 is 0. The minimum absolute atomic E-state index is 0.107. The van der Waals surface area contributed by atoms with Crippen LogP contribution in [0.15, 0.2) is 0 Å². The molecular weight excluding hydrogens is 510 g/mol. The first kappa shape index (κ1) is 34.1. The average Bonchev–Trinajstić information content (AvgIpc) is 2.82. The fraction of sp³-hybridized carbons (Fsp3) is 0.652. The zero-order valence-electron chi connectivity index (χ0n) is 21.4. The lowest BCUT2D eigenvalue weighted by Crippen LogP contribution is -2.41. The van der Waals surface area contributed by atoms with Gasteiger partial charge in [0.2, 0.25) is 11.8 Å². The molecule has 2 amide bonds. The molecule has 0 rings (SSSR count). The molecule has 0 aliphatic rings. The number of carboxylic acid groups (broad SMARTS) is 2. The maximum absolute atomic E-state index is 11.9. The van der Waals surface area contributed by atoms with Gasteiger partial charge in [-0.2, -0.15) is 0 Å². The summed E-state index contributed by atoms with van der Waals surface area (Å²) in [6.07, 6.45) is -1.26. The van der Waals surface area contributed by atoms with E-state index in [0.29, 0.717) is 12.8 Å². The Morgan fingerprint density at radius 1 is 0.632 bits per heavy atom. The zero-order valence-corrected chi connectivity index (χ0v) is 21.4. The van der Waals surface area contributed by atoms with E-state index in [1.54, 1.807) is 13.8 Å². The number of esters is 4. The van der Waals surface area contributed by atoms with E-state index in [9.17, 15) is 38.4 Å². The number of carbonyl (C=O) groups excluding carboxylic acids is 6. The van der Waals surface area contributed by atoms with Crippen LogP contribution in [0.1, 0.15) is 78.1 Å². The summed E-state index contributed by atoms with van der Waals surface area (Å²) in [4.78, 5) is 93.0.